The van der Waals surface area contributed by atoms with E-state index in [4.69, 9.17) is 5.73 Å². The lowest BCUT2D eigenvalue weighted by Crippen LogP contribution is -2.52. The van der Waals surface area contributed by atoms with Gasteiger partial charge in [-0.15, -0.1) is 0 Å². The number of amidine groups is 1. The fourth-order valence-electron chi connectivity index (χ4n) is 5.72. The smallest absolute Gasteiger partial charge is 0.398 e. The number of rotatable bonds is 7. The van der Waals surface area contributed by atoms with Gasteiger partial charge in [-0.05, 0) is 36.1 Å². The molecule has 0 aliphatic carbocycles. The number of aliphatic hydroxyl groups excluding tert-OH is 2. The number of nitrogens with zero attached hydrogens (tertiary/aromatic N) is 3. The Morgan fingerprint density at radius 3 is 2.02 bits per heavy atom. The van der Waals surface area contributed by atoms with E-state index in [2.05, 4.69) is 20.0 Å². The van der Waals surface area contributed by atoms with Gasteiger partial charge < -0.3 is 30.9 Å². The number of nitrogens with one attached hydrogen (secondary N) is 1. The molecular formula is C31H32F5N5O3. The number of aliphatic imine (C=N–C) groups is 1. The molecule has 0 bridgehead atoms. The van der Waals surface area contributed by atoms with Crippen LogP contribution in [0.4, 0.5) is 27.8 Å². The van der Waals surface area contributed by atoms with E-state index in [0.29, 0.717) is 31.7 Å². The van der Waals surface area contributed by atoms with Gasteiger partial charge in [0.15, 0.2) is 6.23 Å². The normalized spacial score (nSPS) is 22.6. The summed E-state index contributed by atoms with van der Waals surface area (Å²) >= 11 is 0. The Kier molecular flexibility index (Phi) is 9.35. The van der Waals surface area contributed by atoms with Gasteiger partial charge in [-0.25, -0.2) is 9.98 Å². The molecule has 0 saturated carbocycles. The molecule has 1 fully saturated rings. The van der Waals surface area contributed by atoms with Crippen molar-refractivity contribution in [3.63, 3.8) is 0 Å². The molecule has 8 nitrogen and oxygen atoms in total. The summed E-state index contributed by atoms with van der Waals surface area (Å²) in [6.45, 7) is -2.23. The number of aliphatic hydroxyl groups is 2. The summed E-state index contributed by atoms with van der Waals surface area (Å²) in [6.07, 6.45) is -7.34. The van der Waals surface area contributed by atoms with Crippen LogP contribution in [0.1, 0.15) is 30.0 Å². The third-order valence-corrected chi connectivity index (χ3v) is 7.89. The Morgan fingerprint density at radius 1 is 0.932 bits per heavy atom. The number of pyridine rings is 1. The summed E-state index contributed by atoms with van der Waals surface area (Å²) in [5, 5.41) is 24.2. The number of piperidine rings is 1. The van der Waals surface area contributed by atoms with Gasteiger partial charge >= 0.3 is 12.8 Å². The van der Waals surface area contributed by atoms with E-state index in [0.717, 1.165) is 11.1 Å². The summed E-state index contributed by atoms with van der Waals surface area (Å²) in [5.74, 6) is -2.81. The van der Waals surface area contributed by atoms with Gasteiger partial charge in [0, 0.05) is 30.3 Å². The number of nitrogens with two attached hydrogens (primary N) is 1. The van der Waals surface area contributed by atoms with E-state index >= 15 is 0 Å². The van der Waals surface area contributed by atoms with Gasteiger partial charge in [0.25, 0.3) is 0 Å². The summed E-state index contributed by atoms with van der Waals surface area (Å²) in [6, 6.07) is 20.4. The number of halogens is 5. The van der Waals surface area contributed by atoms with Crippen molar-refractivity contribution in [1.82, 2.24) is 10.3 Å². The summed E-state index contributed by atoms with van der Waals surface area (Å²) in [7, 11) is 0. The predicted molar refractivity (Wildman–Crippen MR) is 154 cm³/mol. The van der Waals surface area contributed by atoms with Crippen molar-refractivity contribution in [2.45, 2.75) is 44.0 Å². The van der Waals surface area contributed by atoms with Gasteiger partial charge in [-0.3, -0.25) is 0 Å². The zero-order valence-electron chi connectivity index (χ0n) is 23.4. The second-order valence-electron chi connectivity index (χ2n) is 10.7. The molecular weight excluding hydrogens is 585 g/mol. The van der Waals surface area contributed by atoms with E-state index < -0.39 is 48.6 Å². The minimum Gasteiger partial charge on any atom is -0.433 e. The Hall–Kier alpha value is -4.23. The van der Waals surface area contributed by atoms with Crippen molar-refractivity contribution in [3.8, 4) is 5.75 Å². The molecule has 3 atom stereocenters. The average molecular weight is 618 g/mol. The van der Waals surface area contributed by atoms with Gasteiger partial charge in [-0.1, -0.05) is 60.7 Å². The molecule has 2 aromatic carbocycles. The van der Waals surface area contributed by atoms with Crippen LogP contribution in [0.3, 0.4) is 0 Å². The van der Waals surface area contributed by atoms with E-state index in [1.165, 1.54) is 18.3 Å². The van der Waals surface area contributed by atoms with E-state index in [1.807, 2.05) is 41.3 Å². The summed E-state index contributed by atoms with van der Waals surface area (Å²) in [4.78, 5) is 10.1. The number of alkyl halides is 5. The maximum atomic E-state index is 14.6. The minimum absolute atomic E-state index is 0.0716. The Labute approximate surface area is 250 Å². The summed E-state index contributed by atoms with van der Waals surface area (Å²) < 4.78 is 73.0. The van der Waals surface area contributed by atoms with Crippen LogP contribution in [0.2, 0.25) is 0 Å². The fourth-order valence-corrected chi connectivity index (χ4v) is 5.72. The standard InChI is InChI=1S/C31H32F5N5O3/c32-30(33)44-21-11-12-22(38-17-21)41-15-13-18(14-16-41)25(37)23-24(31(34,35)36)27(42)29(43)40-28(23)39-26(19-7-3-1-4-8-19)20-9-5-2-6-10-20/h1-12,17-18,24,26-27,29-30,42-43H,13-16,37H2,(H,39,40)/t24-,27-,29?/m1/s1. The van der Waals surface area contributed by atoms with Crippen LogP contribution in [0.5, 0.6) is 5.75 Å². The first kappa shape index (κ1) is 31.2. The lowest BCUT2D eigenvalue weighted by molar-refractivity contribution is -0.200. The molecule has 44 heavy (non-hydrogen) atoms. The number of benzene rings is 2. The third kappa shape index (κ3) is 6.94. The maximum Gasteiger partial charge on any atom is 0.398 e. The molecule has 2 aliphatic heterocycles. The van der Waals surface area contributed by atoms with Gasteiger partial charge in [0.2, 0.25) is 0 Å². The topological polar surface area (TPSA) is 116 Å². The number of allylic oxidation sites excluding steroid dienone is 1. The molecule has 2 aliphatic rings. The third-order valence-electron chi connectivity index (χ3n) is 7.89. The van der Waals surface area contributed by atoms with Crippen LogP contribution >= 0.6 is 0 Å². The highest BCUT2D eigenvalue weighted by atomic mass is 19.4. The molecule has 3 aromatic rings. The fraction of sp³-hybridized carbons (Fsp3) is 0.355. The van der Waals surface area contributed by atoms with Gasteiger partial charge in [0.05, 0.1) is 12.2 Å². The molecule has 3 heterocycles. The highest BCUT2D eigenvalue weighted by molar-refractivity contribution is 6.01. The first-order valence-corrected chi connectivity index (χ1v) is 14.1. The largest absolute Gasteiger partial charge is 0.433 e. The van der Waals surface area contributed by atoms with Crippen LogP contribution in [-0.2, 0) is 0 Å². The van der Waals surface area contributed by atoms with Crippen molar-refractivity contribution in [1.29, 1.82) is 0 Å². The SMILES string of the molecule is NC(=C1C(NC(c2ccccc2)c2ccccc2)=NC(O)[C@H](O)[C@@H]1C(F)(F)F)C1CCN(c2ccc(OC(F)F)cn2)CC1. The average Bonchev–Trinajstić information content (AvgIpc) is 3.01. The van der Waals surface area contributed by atoms with Crippen molar-refractivity contribution in [2.75, 3.05) is 18.0 Å². The lowest BCUT2D eigenvalue weighted by Gasteiger charge is -2.39. The van der Waals surface area contributed by atoms with Crippen molar-refractivity contribution in [3.05, 3.63) is 101 Å². The quantitative estimate of drug-likeness (QED) is 0.283. The summed E-state index contributed by atoms with van der Waals surface area (Å²) in [5.41, 5.74) is 7.58. The first-order valence-electron chi connectivity index (χ1n) is 14.1. The molecule has 1 aromatic heterocycles. The Balaban J connectivity index is 1.46. The minimum atomic E-state index is -4.94. The van der Waals surface area contributed by atoms with Crippen molar-refractivity contribution >= 4 is 11.7 Å². The van der Waals surface area contributed by atoms with Gasteiger partial charge in [0.1, 0.15) is 29.4 Å². The molecule has 5 rings (SSSR count). The number of hydrogen-bond donors (Lipinski definition) is 4. The van der Waals surface area contributed by atoms with Crippen LogP contribution in [0, 0.1) is 11.8 Å². The first-order chi connectivity index (χ1) is 21.0. The number of anilines is 1. The Morgan fingerprint density at radius 2 is 1.52 bits per heavy atom. The van der Waals surface area contributed by atoms with Crippen LogP contribution in [-0.4, -0.2) is 59.2 Å². The Bertz CT molecular complexity index is 1410. The second-order valence-corrected chi connectivity index (χ2v) is 10.7. The zero-order chi connectivity index (χ0) is 31.4. The van der Waals surface area contributed by atoms with Crippen molar-refractivity contribution in [2.24, 2.45) is 22.6 Å². The molecule has 1 saturated heterocycles. The molecule has 0 spiro atoms. The predicted octanol–water partition coefficient (Wildman–Crippen LogP) is 4.76. The molecule has 5 N–H and O–H groups in total. The highest BCUT2D eigenvalue weighted by Gasteiger charge is 2.53. The molecule has 1 unspecified atom stereocenters. The highest BCUT2D eigenvalue weighted by Crippen LogP contribution is 2.42. The van der Waals surface area contributed by atoms with E-state index in [-0.39, 0.29) is 17.3 Å². The second kappa shape index (κ2) is 13.2. The molecule has 0 radical (unpaired) electrons. The monoisotopic (exact) mass is 617 g/mol. The molecule has 13 heteroatoms. The van der Waals surface area contributed by atoms with Crippen LogP contribution in [0.25, 0.3) is 0 Å². The maximum absolute atomic E-state index is 14.6. The lowest BCUT2D eigenvalue weighted by atomic mass is 9.81. The van der Waals surface area contributed by atoms with Crippen LogP contribution in [0.15, 0.2) is 95.3 Å². The van der Waals surface area contributed by atoms with E-state index in [9.17, 15) is 32.2 Å². The molecule has 234 valence electrons. The number of ether oxygens (including phenoxy) is 1. The molecule has 0 amide bonds. The van der Waals surface area contributed by atoms with E-state index in [1.54, 1.807) is 24.3 Å². The number of hydrogen-bond acceptors (Lipinski definition) is 8. The van der Waals surface area contributed by atoms with Crippen LogP contribution < -0.4 is 20.7 Å². The van der Waals surface area contributed by atoms with Crippen molar-refractivity contribution < 1.29 is 36.9 Å². The zero-order valence-corrected chi connectivity index (χ0v) is 23.4. The van der Waals surface area contributed by atoms with Gasteiger partial charge in [-0.2, -0.15) is 22.0 Å². The number of aromatic nitrogens is 1.